The van der Waals surface area contributed by atoms with Gasteiger partial charge in [0.1, 0.15) is 0 Å². The third-order valence-electron chi connectivity index (χ3n) is 2.84. The van der Waals surface area contributed by atoms with Gasteiger partial charge in [-0.3, -0.25) is 4.79 Å². The van der Waals surface area contributed by atoms with Gasteiger partial charge in [-0.15, -0.1) is 0 Å². The predicted molar refractivity (Wildman–Crippen MR) is 61.8 cm³/mol. The van der Waals surface area contributed by atoms with Crippen LogP contribution in [0, 0.1) is 0 Å². The second kappa shape index (κ2) is 4.26. The van der Waals surface area contributed by atoms with E-state index in [2.05, 4.69) is 5.32 Å². The quantitative estimate of drug-likeness (QED) is 0.807. The number of carbonyl (C=O) groups is 1. The van der Waals surface area contributed by atoms with Gasteiger partial charge in [0.05, 0.1) is 12.0 Å². The maximum Gasteiger partial charge on any atom is 0.223 e. The molecule has 1 fully saturated rings. The molecule has 1 saturated carbocycles. The average molecular weight is 219 g/mol. The normalized spacial score (nSPS) is 18.9. The van der Waals surface area contributed by atoms with E-state index in [4.69, 9.17) is 0 Å². The highest BCUT2D eigenvalue weighted by atomic mass is 16.3. The highest BCUT2D eigenvalue weighted by Crippen LogP contribution is 2.25. The van der Waals surface area contributed by atoms with E-state index in [0.29, 0.717) is 6.04 Å². The molecule has 1 atom stereocenters. The number of hydrogen-bond donors (Lipinski definition) is 2. The van der Waals surface area contributed by atoms with Crippen LogP contribution in [0.4, 0.5) is 0 Å². The van der Waals surface area contributed by atoms with Gasteiger partial charge in [0.2, 0.25) is 5.91 Å². The number of rotatable bonds is 4. The van der Waals surface area contributed by atoms with Crippen LogP contribution < -0.4 is 5.32 Å². The van der Waals surface area contributed by atoms with E-state index in [-0.39, 0.29) is 12.3 Å². The zero-order chi connectivity index (χ0) is 11.6. The van der Waals surface area contributed by atoms with Crippen LogP contribution in [0.5, 0.6) is 0 Å². The molecule has 1 aromatic rings. The van der Waals surface area contributed by atoms with Crippen LogP contribution in [0.3, 0.4) is 0 Å². The summed E-state index contributed by atoms with van der Waals surface area (Å²) in [5, 5.41) is 13.1. The molecular formula is C13H17NO2. The van der Waals surface area contributed by atoms with Crippen LogP contribution in [0.1, 0.15) is 31.7 Å². The van der Waals surface area contributed by atoms with Crippen LogP contribution in [-0.4, -0.2) is 17.1 Å². The first-order valence-corrected chi connectivity index (χ1v) is 5.65. The van der Waals surface area contributed by atoms with E-state index in [1.807, 2.05) is 30.3 Å². The van der Waals surface area contributed by atoms with Gasteiger partial charge in [-0.25, -0.2) is 0 Å². The number of aliphatic hydroxyl groups is 1. The zero-order valence-electron chi connectivity index (χ0n) is 9.44. The molecule has 16 heavy (non-hydrogen) atoms. The summed E-state index contributed by atoms with van der Waals surface area (Å²) in [4.78, 5) is 11.6. The molecule has 3 nitrogen and oxygen atoms in total. The molecule has 0 aromatic heterocycles. The fourth-order valence-electron chi connectivity index (χ4n) is 1.72. The lowest BCUT2D eigenvalue weighted by Crippen LogP contribution is -2.33. The summed E-state index contributed by atoms with van der Waals surface area (Å²) in [6.45, 7) is 1.68. The Balaban J connectivity index is 1.98. The molecule has 3 heteroatoms. The monoisotopic (exact) mass is 219 g/mol. The van der Waals surface area contributed by atoms with E-state index < -0.39 is 5.60 Å². The van der Waals surface area contributed by atoms with Crippen molar-refractivity contribution in [2.75, 3.05) is 0 Å². The first kappa shape index (κ1) is 11.1. The fraction of sp³-hybridized carbons (Fsp3) is 0.462. The fourth-order valence-corrected chi connectivity index (χ4v) is 1.72. The number of amides is 1. The van der Waals surface area contributed by atoms with Gasteiger partial charge in [0.25, 0.3) is 0 Å². The van der Waals surface area contributed by atoms with Crippen molar-refractivity contribution in [3.63, 3.8) is 0 Å². The first-order valence-electron chi connectivity index (χ1n) is 5.65. The molecule has 0 radical (unpaired) electrons. The Morgan fingerprint density at radius 2 is 2.06 bits per heavy atom. The van der Waals surface area contributed by atoms with Crippen molar-refractivity contribution >= 4 is 5.91 Å². The molecule has 1 amide bonds. The molecule has 86 valence electrons. The average Bonchev–Trinajstić information content (AvgIpc) is 3.02. The van der Waals surface area contributed by atoms with Crippen LogP contribution in [-0.2, 0) is 10.4 Å². The van der Waals surface area contributed by atoms with Crippen molar-refractivity contribution in [2.24, 2.45) is 0 Å². The van der Waals surface area contributed by atoms with Crippen LogP contribution >= 0.6 is 0 Å². The van der Waals surface area contributed by atoms with E-state index in [1.165, 1.54) is 0 Å². The van der Waals surface area contributed by atoms with Crippen molar-refractivity contribution < 1.29 is 9.90 Å². The smallest absolute Gasteiger partial charge is 0.223 e. The number of hydrogen-bond acceptors (Lipinski definition) is 2. The van der Waals surface area contributed by atoms with Gasteiger partial charge in [0.15, 0.2) is 0 Å². The number of benzene rings is 1. The number of nitrogens with one attached hydrogen (secondary N) is 1. The molecule has 2 N–H and O–H groups in total. The SMILES string of the molecule is CC(O)(CC(=O)NC1CC1)c1ccccc1. The molecule has 0 spiro atoms. The van der Waals surface area contributed by atoms with Crippen molar-refractivity contribution in [3.8, 4) is 0 Å². The van der Waals surface area contributed by atoms with Gasteiger partial charge in [-0.05, 0) is 25.3 Å². The topological polar surface area (TPSA) is 49.3 Å². The summed E-state index contributed by atoms with van der Waals surface area (Å²) in [6, 6.07) is 9.64. The largest absolute Gasteiger partial charge is 0.385 e. The second-order valence-electron chi connectivity index (χ2n) is 4.66. The minimum atomic E-state index is -1.08. The molecule has 2 rings (SSSR count). The molecule has 1 unspecified atom stereocenters. The van der Waals surface area contributed by atoms with Gasteiger partial charge in [-0.2, -0.15) is 0 Å². The van der Waals surface area contributed by atoms with Crippen LogP contribution in [0.25, 0.3) is 0 Å². The summed E-state index contributed by atoms with van der Waals surface area (Å²) in [7, 11) is 0. The molecule has 0 heterocycles. The van der Waals surface area contributed by atoms with Crippen LogP contribution in [0.15, 0.2) is 30.3 Å². The highest BCUT2D eigenvalue weighted by molar-refractivity contribution is 5.77. The highest BCUT2D eigenvalue weighted by Gasteiger charge is 2.29. The van der Waals surface area contributed by atoms with E-state index in [1.54, 1.807) is 6.92 Å². The van der Waals surface area contributed by atoms with Crippen molar-refractivity contribution in [2.45, 2.75) is 37.8 Å². The molecule has 0 saturated heterocycles. The molecular weight excluding hydrogens is 202 g/mol. The minimum absolute atomic E-state index is 0.0728. The zero-order valence-corrected chi connectivity index (χ0v) is 9.44. The summed E-state index contributed by atoms with van der Waals surface area (Å²) in [5.74, 6) is -0.0728. The summed E-state index contributed by atoms with van der Waals surface area (Å²) in [6.07, 6.45) is 2.26. The lowest BCUT2D eigenvalue weighted by atomic mass is 9.92. The van der Waals surface area contributed by atoms with E-state index in [0.717, 1.165) is 18.4 Å². The van der Waals surface area contributed by atoms with Crippen molar-refractivity contribution in [3.05, 3.63) is 35.9 Å². The van der Waals surface area contributed by atoms with E-state index in [9.17, 15) is 9.90 Å². The second-order valence-corrected chi connectivity index (χ2v) is 4.66. The Bertz CT molecular complexity index is 369. The third kappa shape index (κ3) is 2.83. The molecule has 1 aromatic carbocycles. The lowest BCUT2D eigenvalue weighted by Gasteiger charge is -2.23. The van der Waals surface area contributed by atoms with Gasteiger partial charge in [-0.1, -0.05) is 30.3 Å². The van der Waals surface area contributed by atoms with Gasteiger partial charge >= 0.3 is 0 Å². The Labute approximate surface area is 95.5 Å². The summed E-state index contributed by atoms with van der Waals surface area (Å²) >= 11 is 0. The summed E-state index contributed by atoms with van der Waals surface area (Å²) < 4.78 is 0. The third-order valence-corrected chi connectivity index (χ3v) is 2.84. The van der Waals surface area contributed by atoms with Crippen molar-refractivity contribution in [1.29, 1.82) is 0 Å². The Morgan fingerprint density at radius 1 is 1.44 bits per heavy atom. The van der Waals surface area contributed by atoms with Crippen LogP contribution in [0.2, 0.25) is 0 Å². The molecule has 0 aliphatic heterocycles. The molecule has 1 aliphatic rings. The minimum Gasteiger partial charge on any atom is -0.385 e. The Hall–Kier alpha value is -1.35. The standard InChI is InChI=1S/C13H17NO2/c1-13(16,10-5-3-2-4-6-10)9-12(15)14-11-7-8-11/h2-6,11,16H,7-9H2,1H3,(H,14,15). The molecule has 1 aliphatic carbocycles. The van der Waals surface area contributed by atoms with Gasteiger partial charge in [0, 0.05) is 6.04 Å². The lowest BCUT2D eigenvalue weighted by molar-refractivity contribution is -0.126. The van der Waals surface area contributed by atoms with Gasteiger partial charge < -0.3 is 10.4 Å². The predicted octanol–water partition coefficient (Wildman–Crippen LogP) is 1.56. The first-order chi connectivity index (χ1) is 7.58. The molecule has 0 bridgehead atoms. The maximum atomic E-state index is 11.6. The summed E-state index contributed by atoms with van der Waals surface area (Å²) in [5.41, 5.74) is -0.304. The van der Waals surface area contributed by atoms with E-state index >= 15 is 0 Å². The maximum absolute atomic E-state index is 11.6. The van der Waals surface area contributed by atoms with Crippen molar-refractivity contribution in [1.82, 2.24) is 5.32 Å². The number of carbonyl (C=O) groups excluding carboxylic acids is 1. The Kier molecular flexibility index (Phi) is 2.97. The Morgan fingerprint density at radius 3 is 2.62 bits per heavy atom.